The van der Waals surface area contributed by atoms with Crippen LogP contribution in [0.5, 0.6) is 0 Å². The molecule has 2 rings (SSSR count). The van der Waals surface area contributed by atoms with Gasteiger partial charge >= 0.3 is 0 Å². The Morgan fingerprint density at radius 3 is 2.16 bits per heavy atom. The molecule has 0 saturated heterocycles. The summed E-state index contributed by atoms with van der Waals surface area (Å²) in [6.45, 7) is 1.81. The van der Waals surface area contributed by atoms with E-state index in [4.69, 9.17) is 5.73 Å². The van der Waals surface area contributed by atoms with Crippen LogP contribution in [0.25, 0.3) is 0 Å². The zero-order chi connectivity index (χ0) is 13.5. The molecule has 0 unspecified atom stereocenters. The minimum absolute atomic E-state index is 0.737. The summed E-state index contributed by atoms with van der Waals surface area (Å²) >= 11 is 0. The SMILES string of the molecule is CN(Cc1ccc(CCN)cc1)C1CCCCCC1. The van der Waals surface area contributed by atoms with E-state index in [-0.39, 0.29) is 0 Å². The summed E-state index contributed by atoms with van der Waals surface area (Å²) in [6.07, 6.45) is 9.41. The number of rotatable bonds is 5. The van der Waals surface area contributed by atoms with Crippen LogP contribution in [0, 0.1) is 0 Å². The van der Waals surface area contributed by atoms with Crippen LogP contribution < -0.4 is 5.73 Å². The van der Waals surface area contributed by atoms with Crippen molar-refractivity contribution in [2.24, 2.45) is 5.73 Å². The maximum absolute atomic E-state index is 5.58. The van der Waals surface area contributed by atoms with Crippen molar-refractivity contribution in [3.05, 3.63) is 35.4 Å². The fourth-order valence-corrected chi connectivity index (χ4v) is 3.09. The summed E-state index contributed by atoms with van der Waals surface area (Å²) < 4.78 is 0. The smallest absolute Gasteiger partial charge is 0.0233 e. The summed E-state index contributed by atoms with van der Waals surface area (Å²) in [6, 6.07) is 9.76. The molecule has 2 N–H and O–H groups in total. The molecule has 1 saturated carbocycles. The first-order chi connectivity index (χ1) is 9.29. The molecular formula is C17H28N2. The second kappa shape index (κ2) is 7.66. The molecule has 0 amide bonds. The summed E-state index contributed by atoms with van der Waals surface area (Å²) in [5.74, 6) is 0. The van der Waals surface area contributed by atoms with E-state index < -0.39 is 0 Å². The van der Waals surface area contributed by atoms with E-state index in [1.807, 2.05) is 0 Å². The largest absolute Gasteiger partial charge is 0.330 e. The first kappa shape index (κ1) is 14.5. The maximum Gasteiger partial charge on any atom is 0.0233 e. The Bertz CT molecular complexity index is 350. The molecule has 1 aromatic rings. The van der Waals surface area contributed by atoms with Crippen LogP contribution in [0.4, 0.5) is 0 Å². The van der Waals surface area contributed by atoms with Crippen molar-refractivity contribution < 1.29 is 0 Å². The molecule has 1 aliphatic carbocycles. The summed E-state index contributed by atoms with van der Waals surface area (Å²) in [7, 11) is 2.28. The van der Waals surface area contributed by atoms with E-state index in [0.717, 1.165) is 25.6 Å². The first-order valence-electron chi connectivity index (χ1n) is 7.77. The van der Waals surface area contributed by atoms with Crippen LogP contribution in [0.15, 0.2) is 24.3 Å². The number of hydrogen-bond donors (Lipinski definition) is 1. The molecule has 1 fully saturated rings. The third-order valence-electron chi connectivity index (χ3n) is 4.34. The molecule has 0 heterocycles. The highest BCUT2D eigenvalue weighted by molar-refractivity contribution is 5.22. The quantitative estimate of drug-likeness (QED) is 0.823. The van der Waals surface area contributed by atoms with Crippen LogP contribution in [-0.2, 0) is 13.0 Å². The van der Waals surface area contributed by atoms with Gasteiger partial charge in [-0.2, -0.15) is 0 Å². The molecule has 0 bridgehead atoms. The van der Waals surface area contributed by atoms with Gasteiger partial charge in [0.25, 0.3) is 0 Å². The minimum atomic E-state index is 0.737. The summed E-state index contributed by atoms with van der Waals surface area (Å²) in [4.78, 5) is 2.54. The van der Waals surface area contributed by atoms with Gasteiger partial charge in [0.2, 0.25) is 0 Å². The average molecular weight is 260 g/mol. The van der Waals surface area contributed by atoms with Gasteiger partial charge in [-0.05, 0) is 44.0 Å². The van der Waals surface area contributed by atoms with E-state index in [9.17, 15) is 0 Å². The fraction of sp³-hybridized carbons (Fsp3) is 0.647. The van der Waals surface area contributed by atoms with Gasteiger partial charge in [0.05, 0.1) is 0 Å². The topological polar surface area (TPSA) is 29.3 Å². The van der Waals surface area contributed by atoms with E-state index in [0.29, 0.717) is 0 Å². The lowest BCUT2D eigenvalue weighted by Gasteiger charge is -2.27. The number of nitrogens with two attached hydrogens (primary N) is 1. The van der Waals surface area contributed by atoms with Crippen LogP contribution in [0.1, 0.15) is 49.7 Å². The molecule has 1 aromatic carbocycles. The monoisotopic (exact) mass is 260 g/mol. The van der Waals surface area contributed by atoms with Crippen molar-refractivity contribution in [3.8, 4) is 0 Å². The van der Waals surface area contributed by atoms with Crippen LogP contribution >= 0.6 is 0 Å². The average Bonchev–Trinajstić information content (AvgIpc) is 2.70. The van der Waals surface area contributed by atoms with Crippen molar-refractivity contribution in [3.63, 3.8) is 0 Å². The Balaban J connectivity index is 1.88. The number of hydrogen-bond acceptors (Lipinski definition) is 2. The minimum Gasteiger partial charge on any atom is -0.330 e. The highest BCUT2D eigenvalue weighted by atomic mass is 15.1. The van der Waals surface area contributed by atoms with Gasteiger partial charge in [-0.1, -0.05) is 49.9 Å². The lowest BCUT2D eigenvalue weighted by molar-refractivity contribution is 0.213. The predicted octanol–water partition coefficient (Wildman–Crippen LogP) is 3.34. The second-order valence-corrected chi connectivity index (χ2v) is 5.92. The van der Waals surface area contributed by atoms with Gasteiger partial charge < -0.3 is 5.73 Å². The predicted molar refractivity (Wildman–Crippen MR) is 82.2 cm³/mol. The van der Waals surface area contributed by atoms with Gasteiger partial charge in [0, 0.05) is 12.6 Å². The van der Waals surface area contributed by atoms with Crippen LogP contribution in [-0.4, -0.2) is 24.5 Å². The van der Waals surface area contributed by atoms with Gasteiger partial charge in [-0.25, -0.2) is 0 Å². The molecular weight excluding hydrogens is 232 g/mol. The Hall–Kier alpha value is -0.860. The van der Waals surface area contributed by atoms with Crippen LogP contribution in [0.2, 0.25) is 0 Å². The lowest BCUT2D eigenvalue weighted by atomic mass is 10.1. The van der Waals surface area contributed by atoms with Gasteiger partial charge in [0.15, 0.2) is 0 Å². The molecule has 2 nitrogen and oxygen atoms in total. The summed E-state index contributed by atoms with van der Waals surface area (Å²) in [5.41, 5.74) is 8.36. The summed E-state index contributed by atoms with van der Waals surface area (Å²) in [5, 5.41) is 0. The van der Waals surface area contributed by atoms with E-state index >= 15 is 0 Å². The molecule has 0 radical (unpaired) electrons. The van der Waals surface area contributed by atoms with E-state index in [2.05, 4.69) is 36.2 Å². The normalized spacial score (nSPS) is 17.6. The zero-order valence-corrected chi connectivity index (χ0v) is 12.3. The second-order valence-electron chi connectivity index (χ2n) is 5.92. The lowest BCUT2D eigenvalue weighted by Crippen LogP contribution is -2.30. The van der Waals surface area contributed by atoms with Crippen LogP contribution in [0.3, 0.4) is 0 Å². The molecule has 0 aromatic heterocycles. The molecule has 0 spiro atoms. The van der Waals surface area contributed by atoms with E-state index in [1.54, 1.807) is 0 Å². The molecule has 1 aliphatic rings. The van der Waals surface area contributed by atoms with Gasteiger partial charge in [-0.3, -0.25) is 4.90 Å². The van der Waals surface area contributed by atoms with Gasteiger partial charge in [-0.15, -0.1) is 0 Å². The van der Waals surface area contributed by atoms with E-state index in [1.165, 1.54) is 49.7 Å². The highest BCUT2D eigenvalue weighted by Gasteiger charge is 2.16. The first-order valence-corrected chi connectivity index (χ1v) is 7.77. The Labute approximate surface area is 118 Å². The molecule has 0 atom stereocenters. The third kappa shape index (κ3) is 4.63. The van der Waals surface area contributed by atoms with Crippen molar-refractivity contribution in [2.75, 3.05) is 13.6 Å². The molecule has 2 heteroatoms. The van der Waals surface area contributed by atoms with Crippen molar-refractivity contribution in [2.45, 2.75) is 57.5 Å². The maximum atomic E-state index is 5.58. The third-order valence-corrected chi connectivity index (χ3v) is 4.34. The highest BCUT2D eigenvalue weighted by Crippen LogP contribution is 2.22. The van der Waals surface area contributed by atoms with Gasteiger partial charge in [0.1, 0.15) is 0 Å². The molecule has 0 aliphatic heterocycles. The zero-order valence-electron chi connectivity index (χ0n) is 12.3. The Morgan fingerprint density at radius 1 is 1.00 bits per heavy atom. The van der Waals surface area contributed by atoms with Crippen molar-refractivity contribution >= 4 is 0 Å². The van der Waals surface area contributed by atoms with Crippen molar-refractivity contribution in [1.82, 2.24) is 4.90 Å². The Kier molecular flexibility index (Phi) is 5.87. The molecule has 106 valence electrons. The number of benzene rings is 1. The molecule has 19 heavy (non-hydrogen) atoms. The standard InChI is InChI=1S/C17H28N2/c1-19(17-6-4-2-3-5-7-17)14-16-10-8-15(9-11-16)12-13-18/h8-11,17H,2-7,12-14,18H2,1H3. The van der Waals surface area contributed by atoms with Crippen molar-refractivity contribution in [1.29, 1.82) is 0 Å². The number of nitrogens with zero attached hydrogens (tertiary/aromatic N) is 1. The Morgan fingerprint density at radius 2 is 1.58 bits per heavy atom. The fourth-order valence-electron chi connectivity index (χ4n) is 3.09.